The van der Waals surface area contributed by atoms with Crippen molar-refractivity contribution in [3.8, 4) is 0 Å². The van der Waals surface area contributed by atoms with Crippen LogP contribution in [-0.4, -0.2) is 58.2 Å². The Morgan fingerprint density at radius 3 is 2.63 bits per heavy atom. The molecule has 1 unspecified atom stereocenters. The van der Waals surface area contributed by atoms with Crippen LogP contribution < -0.4 is 5.32 Å². The average molecular weight is 283 g/mol. The molecule has 0 aromatic carbocycles. The fourth-order valence-electron chi connectivity index (χ4n) is 2.44. The van der Waals surface area contributed by atoms with Gasteiger partial charge in [0.15, 0.2) is 0 Å². The van der Waals surface area contributed by atoms with Gasteiger partial charge in [0.1, 0.15) is 10.7 Å². The van der Waals surface area contributed by atoms with E-state index < -0.39 is 0 Å². The van der Waals surface area contributed by atoms with Gasteiger partial charge in [0.25, 0.3) is 0 Å². The first kappa shape index (κ1) is 14.7. The number of nitrogens with one attached hydrogen (secondary N) is 1. The molecule has 19 heavy (non-hydrogen) atoms. The lowest BCUT2D eigenvalue weighted by molar-refractivity contribution is 0.0957. The van der Waals surface area contributed by atoms with Gasteiger partial charge in [0.2, 0.25) is 0 Å². The molecule has 1 saturated heterocycles. The molecule has 0 saturated carbocycles. The van der Waals surface area contributed by atoms with E-state index in [0.29, 0.717) is 6.04 Å². The first-order valence-electron chi connectivity index (χ1n) is 7.26. The predicted molar refractivity (Wildman–Crippen MR) is 80.7 cm³/mol. The molecule has 1 aliphatic heterocycles. The molecule has 1 aromatic rings. The summed E-state index contributed by atoms with van der Waals surface area (Å²) < 4.78 is 4.05. The van der Waals surface area contributed by atoms with E-state index in [4.69, 9.17) is 0 Å². The van der Waals surface area contributed by atoms with Crippen molar-refractivity contribution in [2.45, 2.75) is 39.8 Å². The van der Waals surface area contributed by atoms with Crippen LogP contribution >= 0.6 is 11.5 Å². The topological polar surface area (TPSA) is 44.3 Å². The molecule has 0 aliphatic carbocycles. The van der Waals surface area contributed by atoms with E-state index in [2.05, 4.69) is 45.5 Å². The highest BCUT2D eigenvalue weighted by Crippen LogP contribution is 2.20. The lowest BCUT2D eigenvalue weighted by Crippen LogP contribution is -2.49. The zero-order valence-electron chi connectivity index (χ0n) is 12.2. The van der Waals surface area contributed by atoms with Crippen molar-refractivity contribution in [2.24, 2.45) is 0 Å². The van der Waals surface area contributed by atoms with E-state index in [1.165, 1.54) is 31.0 Å². The van der Waals surface area contributed by atoms with E-state index in [1.54, 1.807) is 0 Å². The van der Waals surface area contributed by atoms with Gasteiger partial charge in [-0.25, -0.2) is 0 Å². The zero-order chi connectivity index (χ0) is 13.7. The highest BCUT2D eigenvalue weighted by Gasteiger charge is 2.21. The Hall–Kier alpha value is -0.720. The molecular formula is C13H25N5S. The van der Waals surface area contributed by atoms with Crippen molar-refractivity contribution < 1.29 is 0 Å². The molecule has 2 rings (SSSR count). The normalized spacial score (nSPS) is 19.5. The van der Waals surface area contributed by atoms with Crippen molar-refractivity contribution in [3.05, 3.63) is 5.69 Å². The van der Waals surface area contributed by atoms with Crippen LogP contribution in [0.4, 0.5) is 5.00 Å². The number of hydrogen-bond donors (Lipinski definition) is 1. The van der Waals surface area contributed by atoms with Gasteiger partial charge in [0.05, 0.1) is 0 Å². The summed E-state index contributed by atoms with van der Waals surface area (Å²) in [6, 6.07) is 0.709. The Kier molecular flexibility index (Phi) is 5.54. The summed E-state index contributed by atoms with van der Waals surface area (Å²) in [5.41, 5.74) is 1.10. The van der Waals surface area contributed by atoms with Crippen molar-refractivity contribution in [1.82, 2.24) is 19.4 Å². The molecule has 6 heteroatoms. The Labute approximate surface area is 120 Å². The standard InChI is InChI=1S/C13H25N5S/c1-4-11(3)18-8-6-17(7-9-18)10-12-13(14-5-2)19-16-15-12/h11,14H,4-10H2,1-3H3. The molecule has 108 valence electrons. The number of hydrogen-bond acceptors (Lipinski definition) is 6. The van der Waals surface area contributed by atoms with Crippen molar-refractivity contribution in [3.63, 3.8) is 0 Å². The highest BCUT2D eigenvalue weighted by atomic mass is 32.1. The summed E-state index contributed by atoms with van der Waals surface area (Å²) in [7, 11) is 0. The van der Waals surface area contributed by atoms with Gasteiger partial charge in [-0.1, -0.05) is 11.4 Å². The number of nitrogens with zero attached hydrogens (tertiary/aromatic N) is 4. The maximum Gasteiger partial charge on any atom is 0.134 e. The van der Waals surface area contributed by atoms with E-state index >= 15 is 0 Å². The minimum Gasteiger partial charge on any atom is -0.374 e. The third-order valence-corrected chi connectivity index (χ3v) is 4.61. The molecule has 1 aromatic heterocycles. The molecule has 1 aliphatic rings. The first-order valence-corrected chi connectivity index (χ1v) is 8.03. The molecular weight excluding hydrogens is 258 g/mol. The molecule has 2 heterocycles. The smallest absolute Gasteiger partial charge is 0.134 e. The fraction of sp³-hybridized carbons (Fsp3) is 0.846. The summed E-state index contributed by atoms with van der Waals surface area (Å²) in [4.78, 5) is 5.07. The Morgan fingerprint density at radius 2 is 2.00 bits per heavy atom. The summed E-state index contributed by atoms with van der Waals surface area (Å²) in [5.74, 6) is 0. The van der Waals surface area contributed by atoms with Gasteiger partial charge >= 0.3 is 0 Å². The van der Waals surface area contributed by atoms with Gasteiger partial charge < -0.3 is 5.32 Å². The third kappa shape index (κ3) is 3.87. The summed E-state index contributed by atoms with van der Waals surface area (Å²) >= 11 is 1.46. The van der Waals surface area contributed by atoms with Gasteiger partial charge in [-0.05, 0) is 20.3 Å². The third-order valence-electron chi connectivity index (χ3n) is 3.89. The second-order valence-corrected chi connectivity index (χ2v) is 5.90. The molecule has 0 bridgehead atoms. The predicted octanol–water partition coefficient (Wildman–Crippen LogP) is 1.89. The monoisotopic (exact) mass is 283 g/mol. The lowest BCUT2D eigenvalue weighted by atomic mass is 10.2. The van der Waals surface area contributed by atoms with Crippen molar-refractivity contribution in [1.29, 1.82) is 0 Å². The Bertz CT molecular complexity index is 373. The van der Waals surface area contributed by atoms with Gasteiger partial charge in [-0.15, -0.1) is 5.10 Å². The number of rotatable bonds is 6. The van der Waals surface area contributed by atoms with Crippen LogP contribution in [0.15, 0.2) is 0 Å². The summed E-state index contributed by atoms with van der Waals surface area (Å²) in [6.07, 6.45) is 1.24. The Morgan fingerprint density at radius 1 is 1.26 bits per heavy atom. The first-order chi connectivity index (χ1) is 9.24. The van der Waals surface area contributed by atoms with Gasteiger partial charge in [-0.3, -0.25) is 9.80 Å². The molecule has 1 fully saturated rings. The molecule has 5 nitrogen and oxygen atoms in total. The van der Waals surface area contributed by atoms with Crippen LogP contribution in [0.2, 0.25) is 0 Å². The molecule has 0 amide bonds. The molecule has 1 atom stereocenters. The van der Waals surface area contributed by atoms with E-state index in [-0.39, 0.29) is 0 Å². The number of anilines is 1. The highest BCUT2D eigenvalue weighted by molar-refractivity contribution is 7.10. The average Bonchev–Trinajstić information content (AvgIpc) is 2.86. The van der Waals surface area contributed by atoms with Crippen LogP contribution in [0, 0.1) is 0 Å². The van der Waals surface area contributed by atoms with Crippen LogP contribution in [0.1, 0.15) is 32.9 Å². The van der Waals surface area contributed by atoms with Crippen LogP contribution in [0.25, 0.3) is 0 Å². The van der Waals surface area contributed by atoms with E-state index in [1.807, 2.05) is 0 Å². The molecule has 0 radical (unpaired) electrons. The minimum absolute atomic E-state index is 0.709. The van der Waals surface area contributed by atoms with Crippen molar-refractivity contribution >= 4 is 16.5 Å². The van der Waals surface area contributed by atoms with Crippen molar-refractivity contribution in [2.75, 3.05) is 38.0 Å². The summed E-state index contributed by atoms with van der Waals surface area (Å²) in [5, 5.41) is 8.72. The maximum absolute atomic E-state index is 4.25. The Balaban J connectivity index is 1.83. The van der Waals surface area contributed by atoms with E-state index in [9.17, 15) is 0 Å². The van der Waals surface area contributed by atoms with Crippen LogP contribution in [0.5, 0.6) is 0 Å². The van der Waals surface area contributed by atoms with Crippen LogP contribution in [-0.2, 0) is 6.54 Å². The van der Waals surface area contributed by atoms with Gasteiger partial charge in [0, 0.05) is 56.8 Å². The summed E-state index contributed by atoms with van der Waals surface area (Å²) in [6.45, 7) is 13.2. The maximum atomic E-state index is 4.25. The second-order valence-electron chi connectivity index (χ2n) is 5.15. The zero-order valence-corrected chi connectivity index (χ0v) is 13.0. The second kappa shape index (κ2) is 7.17. The SMILES string of the molecule is CCNc1snnc1CN1CCN(C(C)CC)CC1. The number of aromatic nitrogens is 2. The van der Waals surface area contributed by atoms with Crippen LogP contribution in [0.3, 0.4) is 0 Å². The number of piperazine rings is 1. The molecule has 1 N–H and O–H groups in total. The largest absolute Gasteiger partial charge is 0.374 e. The van der Waals surface area contributed by atoms with Gasteiger partial charge in [-0.2, -0.15) is 0 Å². The molecule has 0 spiro atoms. The quantitative estimate of drug-likeness (QED) is 0.863. The fourth-order valence-corrected chi connectivity index (χ4v) is 3.08. The van der Waals surface area contributed by atoms with E-state index in [0.717, 1.165) is 36.9 Å². The lowest BCUT2D eigenvalue weighted by Gasteiger charge is -2.37. The minimum atomic E-state index is 0.709.